The van der Waals surface area contributed by atoms with Crippen LogP contribution in [-0.2, 0) is 6.42 Å². The lowest BCUT2D eigenvalue weighted by Crippen LogP contribution is -2.57. The Morgan fingerprint density at radius 1 is 0.917 bits per heavy atom. The fraction of sp³-hybridized carbons (Fsp3) is 0.429. The van der Waals surface area contributed by atoms with Crippen LogP contribution >= 0.6 is 0 Å². The molecule has 0 heterocycles. The van der Waals surface area contributed by atoms with Gasteiger partial charge in [-0.25, -0.2) is 0 Å². The lowest BCUT2D eigenvalue weighted by molar-refractivity contribution is 0.254. The largest absolute Gasteiger partial charge is 0.395 e. The van der Waals surface area contributed by atoms with Crippen molar-refractivity contribution in [2.45, 2.75) is 51.4 Å². The molecule has 0 aliphatic rings. The predicted octanol–water partition coefficient (Wildman–Crippen LogP) is 4.85. The molecule has 0 saturated carbocycles. The maximum atomic E-state index is 9.81. The molecule has 1 atom stereocenters. The molecule has 2 nitrogen and oxygen atoms in total. The van der Waals surface area contributed by atoms with E-state index in [1.54, 1.807) is 0 Å². The van der Waals surface area contributed by atoms with Gasteiger partial charge in [-0.05, 0) is 28.1 Å². The summed E-state index contributed by atoms with van der Waals surface area (Å²) in [6.07, 6.45) is 0.859. The van der Waals surface area contributed by atoms with Gasteiger partial charge >= 0.3 is 0 Å². The fourth-order valence-corrected chi connectivity index (χ4v) is 4.28. The van der Waals surface area contributed by atoms with Crippen molar-refractivity contribution < 1.29 is 5.11 Å². The lowest BCUT2D eigenvalue weighted by atomic mass is 10.0. The molecule has 0 aliphatic carbocycles. The summed E-state index contributed by atoms with van der Waals surface area (Å²) in [7, 11) is -1.62. The van der Waals surface area contributed by atoms with Gasteiger partial charge in [-0.15, -0.1) is 0 Å². The van der Waals surface area contributed by atoms with Crippen LogP contribution in [0.5, 0.6) is 0 Å². The Balaban J connectivity index is 2.06. The zero-order valence-electron chi connectivity index (χ0n) is 15.6. The number of aliphatic hydroxyl groups excluding tert-OH is 1. The van der Waals surface area contributed by atoms with Gasteiger partial charge < -0.3 is 10.1 Å². The minimum absolute atomic E-state index is 0.119. The molecule has 0 bridgehead atoms. The average molecular weight is 342 g/mol. The fourth-order valence-electron chi connectivity index (χ4n) is 2.64. The SMILES string of the molecule is CC(C)(C)[Si](C)(C)NC(CO)Cc1ccc(-c2ccccc2)cc1. The minimum Gasteiger partial charge on any atom is -0.395 e. The Bertz CT molecular complexity index is 629. The van der Waals surface area contributed by atoms with Crippen molar-refractivity contribution in [2.24, 2.45) is 0 Å². The molecule has 0 radical (unpaired) electrons. The highest BCUT2D eigenvalue weighted by Crippen LogP contribution is 2.34. The van der Waals surface area contributed by atoms with Crippen LogP contribution in [0.2, 0.25) is 18.1 Å². The highest BCUT2D eigenvalue weighted by atomic mass is 28.3. The number of rotatable bonds is 6. The molecule has 3 heteroatoms. The molecule has 0 saturated heterocycles. The number of hydrogen-bond acceptors (Lipinski definition) is 2. The third-order valence-electron chi connectivity index (χ3n) is 5.20. The molecule has 0 aliphatic heterocycles. The molecule has 0 aromatic heterocycles. The zero-order chi connectivity index (χ0) is 17.8. The van der Waals surface area contributed by atoms with Crippen LogP contribution in [0.4, 0.5) is 0 Å². The van der Waals surface area contributed by atoms with Gasteiger partial charge in [0.15, 0.2) is 0 Å². The van der Waals surface area contributed by atoms with Crippen LogP contribution in [-0.4, -0.2) is 26.0 Å². The molecular weight excluding hydrogens is 310 g/mol. The molecule has 24 heavy (non-hydrogen) atoms. The van der Waals surface area contributed by atoms with E-state index >= 15 is 0 Å². The molecule has 2 aromatic carbocycles. The molecular formula is C21H31NOSi. The van der Waals surface area contributed by atoms with Gasteiger partial charge in [-0.1, -0.05) is 88.5 Å². The van der Waals surface area contributed by atoms with E-state index in [2.05, 4.69) is 87.4 Å². The van der Waals surface area contributed by atoms with E-state index < -0.39 is 8.24 Å². The quantitative estimate of drug-likeness (QED) is 0.736. The highest BCUT2D eigenvalue weighted by Gasteiger charge is 2.36. The highest BCUT2D eigenvalue weighted by molar-refractivity contribution is 6.77. The second kappa shape index (κ2) is 7.64. The summed E-state index contributed by atoms with van der Waals surface area (Å²) in [6.45, 7) is 11.7. The predicted molar refractivity (Wildman–Crippen MR) is 107 cm³/mol. The number of aliphatic hydroxyl groups is 1. The van der Waals surface area contributed by atoms with Gasteiger partial charge in [-0.2, -0.15) is 0 Å². The lowest BCUT2D eigenvalue weighted by Gasteiger charge is -2.40. The third kappa shape index (κ3) is 4.79. The van der Waals surface area contributed by atoms with E-state index in [0.29, 0.717) is 0 Å². The summed E-state index contributed by atoms with van der Waals surface area (Å²) >= 11 is 0. The first-order valence-electron chi connectivity index (χ1n) is 8.76. The van der Waals surface area contributed by atoms with Crippen molar-refractivity contribution in [3.8, 4) is 11.1 Å². The summed E-state index contributed by atoms with van der Waals surface area (Å²) in [5.41, 5.74) is 3.74. The maximum Gasteiger partial charge on any atom is 0.125 e. The number of benzene rings is 2. The standard InChI is InChI=1S/C21H31NOSi/c1-21(2,3)24(4,5)22-20(16-23)15-17-11-13-19(14-12-17)18-9-7-6-8-10-18/h6-14,20,22-23H,15-16H2,1-5H3. The second-order valence-electron chi connectivity index (χ2n) is 8.17. The van der Waals surface area contributed by atoms with Crippen LogP contribution in [0, 0.1) is 0 Å². The van der Waals surface area contributed by atoms with Crippen molar-refractivity contribution in [1.82, 2.24) is 4.98 Å². The van der Waals surface area contributed by atoms with E-state index in [0.717, 1.165) is 6.42 Å². The van der Waals surface area contributed by atoms with E-state index in [4.69, 9.17) is 0 Å². The Labute approximate surface area is 148 Å². The third-order valence-corrected chi connectivity index (χ3v) is 10.1. The smallest absolute Gasteiger partial charge is 0.125 e. The maximum absolute atomic E-state index is 9.81. The summed E-state index contributed by atoms with van der Waals surface area (Å²) < 4.78 is 0. The Morgan fingerprint density at radius 2 is 1.46 bits per heavy atom. The average Bonchev–Trinajstić information content (AvgIpc) is 2.54. The summed E-state index contributed by atoms with van der Waals surface area (Å²) in [5.74, 6) is 0. The van der Waals surface area contributed by atoms with Crippen molar-refractivity contribution in [2.75, 3.05) is 6.61 Å². The summed E-state index contributed by atoms with van der Waals surface area (Å²) in [6, 6.07) is 19.2. The molecule has 0 fully saturated rings. The molecule has 130 valence electrons. The van der Waals surface area contributed by atoms with Gasteiger partial charge in [0, 0.05) is 6.04 Å². The number of hydrogen-bond donors (Lipinski definition) is 2. The Hall–Kier alpha value is -1.42. The molecule has 2 N–H and O–H groups in total. The minimum atomic E-state index is -1.62. The topological polar surface area (TPSA) is 32.3 Å². The van der Waals surface area contributed by atoms with Gasteiger partial charge in [0.2, 0.25) is 0 Å². The van der Waals surface area contributed by atoms with Crippen LogP contribution in [0.15, 0.2) is 54.6 Å². The monoisotopic (exact) mass is 341 g/mol. The van der Waals surface area contributed by atoms with Gasteiger partial charge in [0.25, 0.3) is 0 Å². The summed E-state index contributed by atoms with van der Waals surface area (Å²) in [4.78, 5) is 3.77. The molecule has 2 aromatic rings. The van der Waals surface area contributed by atoms with Crippen LogP contribution in [0.3, 0.4) is 0 Å². The van der Waals surface area contributed by atoms with Crippen LogP contribution in [0.25, 0.3) is 11.1 Å². The first-order chi connectivity index (χ1) is 11.2. The van der Waals surface area contributed by atoms with E-state index in [1.165, 1.54) is 16.7 Å². The first kappa shape index (κ1) is 18.9. The summed E-state index contributed by atoms with van der Waals surface area (Å²) in [5, 5.41) is 10.1. The van der Waals surface area contributed by atoms with Gasteiger partial charge in [0.1, 0.15) is 8.24 Å². The molecule has 0 spiro atoms. The molecule has 0 amide bonds. The molecule has 1 unspecified atom stereocenters. The van der Waals surface area contributed by atoms with E-state index in [-0.39, 0.29) is 17.7 Å². The van der Waals surface area contributed by atoms with E-state index in [1.807, 2.05) is 6.07 Å². The Morgan fingerprint density at radius 3 is 1.96 bits per heavy atom. The van der Waals surface area contributed by atoms with Crippen LogP contribution < -0.4 is 4.98 Å². The van der Waals surface area contributed by atoms with Crippen molar-refractivity contribution in [3.05, 3.63) is 60.2 Å². The van der Waals surface area contributed by atoms with Crippen LogP contribution in [0.1, 0.15) is 26.3 Å². The van der Waals surface area contributed by atoms with Gasteiger partial charge in [-0.3, -0.25) is 0 Å². The Kier molecular flexibility index (Phi) is 6.02. The second-order valence-corrected chi connectivity index (χ2v) is 13.2. The molecule has 2 rings (SSSR count). The zero-order valence-corrected chi connectivity index (χ0v) is 16.6. The normalized spacial score (nSPS) is 13.8. The van der Waals surface area contributed by atoms with E-state index in [9.17, 15) is 5.11 Å². The van der Waals surface area contributed by atoms with Crippen molar-refractivity contribution in [3.63, 3.8) is 0 Å². The first-order valence-corrected chi connectivity index (χ1v) is 11.8. The van der Waals surface area contributed by atoms with Crippen molar-refractivity contribution >= 4 is 8.24 Å². The number of nitrogens with one attached hydrogen (secondary N) is 1. The van der Waals surface area contributed by atoms with Gasteiger partial charge in [0.05, 0.1) is 6.61 Å². The van der Waals surface area contributed by atoms with Crippen molar-refractivity contribution in [1.29, 1.82) is 0 Å².